The number of rotatable bonds is 4. The number of aromatic nitrogens is 2. The van der Waals surface area contributed by atoms with E-state index in [0.717, 1.165) is 19.6 Å². The first-order chi connectivity index (χ1) is 8.16. The van der Waals surface area contributed by atoms with Crippen LogP contribution in [0.5, 0.6) is 0 Å². The molecule has 0 saturated carbocycles. The molecule has 1 saturated heterocycles. The Kier molecular flexibility index (Phi) is 4.18. The second-order valence-corrected chi connectivity index (χ2v) is 5.17. The predicted molar refractivity (Wildman–Crippen MR) is 68.2 cm³/mol. The van der Waals surface area contributed by atoms with E-state index in [1.807, 2.05) is 0 Å². The minimum absolute atomic E-state index is 0.342. The summed E-state index contributed by atoms with van der Waals surface area (Å²) in [5, 5.41) is 3.79. The first-order valence-electron chi connectivity index (χ1n) is 6.00. The summed E-state index contributed by atoms with van der Waals surface area (Å²) < 4.78 is 5.73. The highest BCUT2D eigenvalue weighted by atomic mass is 35.5. The van der Waals surface area contributed by atoms with E-state index in [1.165, 1.54) is 0 Å². The van der Waals surface area contributed by atoms with E-state index in [-0.39, 0.29) is 0 Å². The molecule has 0 aliphatic carbocycles. The van der Waals surface area contributed by atoms with Gasteiger partial charge in [-0.25, -0.2) is 9.97 Å². The van der Waals surface area contributed by atoms with Crippen molar-refractivity contribution in [1.29, 1.82) is 0 Å². The van der Waals surface area contributed by atoms with Crippen LogP contribution in [-0.4, -0.2) is 29.2 Å². The maximum atomic E-state index is 5.73. The fraction of sp³-hybridized carbons (Fsp3) is 0.667. The summed E-state index contributed by atoms with van der Waals surface area (Å²) in [5.41, 5.74) is 0. The first-order valence-corrected chi connectivity index (χ1v) is 6.37. The highest BCUT2D eigenvalue weighted by Gasteiger charge is 2.30. The maximum Gasteiger partial charge on any atom is 0.222 e. The molecule has 1 N–H and O–H groups in total. The van der Waals surface area contributed by atoms with Gasteiger partial charge in [-0.3, -0.25) is 0 Å². The largest absolute Gasteiger partial charge is 0.378 e. The first kappa shape index (κ1) is 12.6. The van der Waals surface area contributed by atoms with Gasteiger partial charge in [-0.1, -0.05) is 25.4 Å². The van der Waals surface area contributed by atoms with Crippen molar-refractivity contribution in [2.45, 2.75) is 26.4 Å². The van der Waals surface area contributed by atoms with Gasteiger partial charge in [-0.05, 0) is 12.3 Å². The van der Waals surface area contributed by atoms with Gasteiger partial charge in [0.25, 0.3) is 0 Å². The van der Waals surface area contributed by atoms with Crippen LogP contribution in [0.4, 0.5) is 5.95 Å². The molecule has 5 heteroatoms. The van der Waals surface area contributed by atoms with Crippen LogP contribution in [0.2, 0.25) is 5.02 Å². The highest BCUT2D eigenvalue weighted by Crippen LogP contribution is 2.26. The minimum Gasteiger partial charge on any atom is -0.378 e. The second kappa shape index (κ2) is 5.65. The quantitative estimate of drug-likeness (QED) is 0.899. The molecule has 17 heavy (non-hydrogen) atoms. The fourth-order valence-corrected chi connectivity index (χ4v) is 2.33. The molecule has 0 aromatic carbocycles. The Hall–Kier alpha value is -0.870. The molecule has 1 aromatic heterocycles. The number of hydrogen-bond acceptors (Lipinski definition) is 4. The Balaban J connectivity index is 1.87. The van der Waals surface area contributed by atoms with Gasteiger partial charge in [0.2, 0.25) is 5.95 Å². The van der Waals surface area contributed by atoms with E-state index in [2.05, 4.69) is 29.1 Å². The monoisotopic (exact) mass is 255 g/mol. The Morgan fingerprint density at radius 2 is 2.18 bits per heavy atom. The summed E-state index contributed by atoms with van der Waals surface area (Å²) in [7, 11) is 0. The smallest absolute Gasteiger partial charge is 0.222 e. The molecular weight excluding hydrogens is 238 g/mol. The van der Waals surface area contributed by atoms with E-state index in [0.29, 0.717) is 28.9 Å². The van der Waals surface area contributed by atoms with Crippen LogP contribution in [0.15, 0.2) is 12.4 Å². The van der Waals surface area contributed by atoms with Crippen molar-refractivity contribution in [1.82, 2.24) is 9.97 Å². The Bertz CT molecular complexity index is 355. The van der Waals surface area contributed by atoms with E-state index >= 15 is 0 Å². The molecule has 4 nitrogen and oxygen atoms in total. The van der Waals surface area contributed by atoms with Crippen molar-refractivity contribution in [2.24, 2.45) is 11.8 Å². The molecular formula is C12H18ClN3O. The lowest BCUT2D eigenvalue weighted by atomic mass is 9.93. The van der Waals surface area contributed by atoms with Gasteiger partial charge in [0.05, 0.1) is 23.5 Å². The van der Waals surface area contributed by atoms with E-state index < -0.39 is 0 Å². The summed E-state index contributed by atoms with van der Waals surface area (Å²) >= 11 is 5.73. The van der Waals surface area contributed by atoms with Crippen molar-refractivity contribution >= 4 is 17.5 Å². The molecule has 1 aromatic rings. The van der Waals surface area contributed by atoms with Gasteiger partial charge in [0, 0.05) is 19.1 Å². The summed E-state index contributed by atoms with van der Waals surface area (Å²) in [6.45, 7) is 6.10. The predicted octanol–water partition coefficient (Wildman–Crippen LogP) is 2.60. The fourth-order valence-electron chi connectivity index (χ4n) is 2.24. The lowest BCUT2D eigenvalue weighted by Crippen LogP contribution is -2.28. The van der Waals surface area contributed by atoms with Crippen molar-refractivity contribution in [3.63, 3.8) is 0 Å². The molecule has 2 rings (SSSR count). The normalized spacial score (nSPS) is 24.2. The minimum atomic E-state index is 0.342. The van der Waals surface area contributed by atoms with Crippen LogP contribution < -0.4 is 5.32 Å². The second-order valence-electron chi connectivity index (χ2n) is 4.73. The van der Waals surface area contributed by atoms with Gasteiger partial charge >= 0.3 is 0 Å². The molecule has 0 radical (unpaired) electrons. The van der Waals surface area contributed by atoms with E-state index in [4.69, 9.17) is 16.3 Å². The molecule has 2 atom stereocenters. The molecule has 2 heterocycles. The zero-order chi connectivity index (χ0) is 12.3. The number of hydrogen-bond donors (Lipinski definition) is 1. The number of ether oxygens (including phenoxy) is 1. The zero-order valence-corrected chi connectivity index (χ0v) is 10.9. The van der Waals surface area contributed by atoms with Gasteiger partial charge in [0.1, 0.15) is 0 Å². The third-order valence-electron chi connectivity index (χ3n) is 3.06. The third kappa shape index (κ3) is 3.30. The summed E-state index contributed by atoms with van der Waals surface area (Å²) in [4.78, 5) is 8.23. The van der Waals surface area contributed by atoms with Crippen molar-refractivity contribution < 1.29 is 4.74 Å². The van der Waals surface area contributed by atoms with Crippen LogP contribution in [0.25, 0.3) is 0 Å². The highest BCUT2D eigenvalue weighted by molar-refractivity contribution is 6.30. The third-order valence-corrected chi connectivity index (χ3v) is 3.26. The lowest BCUT2D eigenvalue weighted by molar-refractivity contribution is 0.0566. The van der Waals surface area contributed by atoms with Crippen LogP contribution >= 0.6 is 11.6 Å². The van der Waals surface area contributed by atoms with Gasteiger partial charge in [0.15, 0.2) is 0 Å². The van der Waals surface area contributed by atoms with E-state index in [1.54, 1.807) is 12.4 Å². The zero-order valence-electron chi connectivity index (χ0n) is 10.2. The number of anilines is 1. The van der Waals surface area contributed by atoms with Crippen molar-refractivity contribution in [3.05, 3.63) is 17.4 Å². The average Bonchev–Trinajstić information content (AvgIpc) is 2.76. The van der Waals surface area contributed by atoms with Gasteiger partial charge in [-0.2, -0.15) is 0 Å². The number of nitrogens with zero attached hydrogens (tertiary/aromatic N) is 2. The van der Waals surface area contributed by atoms with Gasteiger partial charge in [-0.15, -0.1) is 0 Å². The number of nitrogens with one attached hydrogen (secondary N) is 1. The standard InChI is InChI=1S/C12H18ClN3O/c1-8(2)11-9(3-4-17-11)5-14-12-15-6-10(13)7-16-12/h6-9,11H,3-5H2,1-2H3,(H,14,15,16)/t9-,11-/m1/s1. The Morgan fingerprint density at radius 3 is 2.82 bits per heavy atom. The summed E-state index contributed by atoms with van der Waals surface area (Å²) in [6, 6.07) is 0. The molecule has 1 fully saturated rings. The molecule has 94 valence electrons. The molecule has 0 bridgehead atoms. The average molecular weight is 256 g/mol. The van der Waals surface area contributed by atoms with Crippen LogP contribution in [0.3, 0.4) is 0 Å². The van der Waals surface area contributed by atoms with E-state index in [9.17, 15) is 0 Å². The van der Waals surface area contributed by atoms with Crippen molar-refractivity contribution in [3.8, 4) is 0 Å². The SMILES string of the molecule is CC(C)[C@H]1OCC[C@@H]1CNc1ncc(Cl)cn1. The molecule has 0 amide bonds. The molecule has 0 unspecified atom stereocenters. The topological polar surface area (TPSA) is 47.0 Å². The summed E-state index contributed by atoms with van der Waals surface area (Å²) in [6.07, 6.45) is 4.64. The van der Waals surface area contributed by atoms with Crippen LogP contribution in [-0.2, 0) is 4.74 Å². The Morgan fingerprint density at radius 1 is 1.47 bits per heavy atom. The Labute approximate surface area is 107 Å². The van der Waals surface area contributed by atoms with Crippen molar-refractivity contribution in [2.75, 3.05) is 18.5 Å². The van der Waals surface area contributed by atoms with Gasteiger partial charge < -0.3 is 10.1 Å². The molecule has 1 aliphatic rings. The molecule has 0 spiro atoms. The number of halogens is 1. The summed E-state index contributed by atoms with van der Waals surface area (Å²) in [5.74, 6) is 1.72. The molecule has 1 aliphatic heterocycles. The maximum absolute atomic E-state index is 5.73. The lowest BCUT2D eigenvalue weighted by Gasteiger charge is -2.22. The van der Waals surface area contributed by atoms with Crippen LogP contribution in [0, 0.1) is 11.8 Å². The van der Waals surface area contributed by atoms with Crippen LogP contribution in [0.1, 0.15) is 20.3 Å².